The Morgan fingerprint density at radius 1 is 1.00 bits per heavy atom. The molecule has 1 aromatic rings. The minimum atomic E-state index is -1.90. The number of rotatable bonds is 1. The quantitative estimate of drug-likeness (QED) is 0.516. The van der Waals surface area contributed by atoms with Gasteiger partial charge < -0.3 is 9.79 Å². The van der Waals surface area contributed by atoms with E-state index in [2.05, 4.69) is 0 Å². The summed E-state index contributed by atoms with van der Waals surface area (Å²) in [4.78, 5) is 17.3. The molecule has 5 heteroatoms. The van der Waals surface area contributed by atoms with Gasteiger partial charge in [0.15, 0.2) is 8.38 Å². The van der Waals surface area contributed by atoms with Crippen LogP contribution in [-0.4, -0.2) is 39.3 Å². The SMILES string of the molecule is OP(O)c1ccccc1.[Mn].[NaH]. The molecule has 1 aromatic carbocycles. The Balaban J connectivity index is 0. The van der Waals surface area contributed by atoms with Crippen molar-refractivity contribution < 1.29 is 26.9 Å². The summed E-state index contributed by atoms with van der Waals surface area (Å²) in [5.41, 5.74) is 0. The second kappa shape index (κ2) is 7.72. The average molecular weight is 221 g/mol. The third kappa shape index (κ3) is 5.35. The number of benzene rings is 1. The summed E-state index contributed by atoms with van der Waals surface area (Å²) in [6.45, 7) is 0. The molecule has 0 aliphatic carbocycles. The minimum absolute atomic E-state index is 0. The van der Waals surface area contributed by atoms with Crippen LogP contribution in [0.2, 0.25) is 0 Å². The van der Waals surface area contributed by atoms with E-state index in [-0.39, 0.29) is 46.6 Å². The molecule has 0 unspecified atom stereocenters. The Bertz CT molecular complexity index is 183. The van der Waals surface area contributed by atoms with Gasteiger partial charge in [-0.1, -0.05) is 18.2 Å². The van der Waals surface area contributed by atoms with Gasteiger partial charge in [0.25, 0.3) is 0 Å². The molecule has 0 bridgehead atoms. The maximum atomic E-state index is 8.64. The maximum absolute atomic E-state index is 8.64. The molecule has 2 N–H and O–H groups in total. The van der Waals surface area contributed by atoms with E-state index in [0.29, 0.717) is 5.30 Å². The van der Waals surface area contributed by atoms with Crippen molar-refractivity contribution in [2.45, 2.75) is 0 Å². The Hall–Kier alpha value is 1.09. The molecule has 2 nitrogen and oxygen atoms in total. The summed E-state index contributed by atoms with van der Waals surface area (Å²) < 4.78 is 0. The molecule has 0 aliphatic heterocycles. The van der Waals surface area contributed by atoms with E-state index in [4.69, 9.17) is 9.79 Å². The average Bonchev–Trinajstić information content (AvgIpc) is 1.90. The zero-order valence-corrected chi connectivity index (χ0v) is 7.18. The van der Waals surface area contributed by atoms with Crippen molar-refractivity contribution in [1.82, 2.24) is 0 Å². The molecule has 0 saturated heterocycles. The summed E-state index contributed by atoms with van der Waals surface area (Å²) in [5.74, 6) is 0. The van der Waals surface area contributed by atoms with Crippen LogP contribution in [0.25, 0.3) is 0 Å². The normalized spacial score (nSPS) is 8.27. The molecule has 0 fully saturated rings. The van der Waals surface area contributed by atoms with Gasteiger partial charge in [0, 0.05) is 22.4 Å². The van der Waals surface area contributed by atoms with E-state index in [1.165, 1.54) is 0 Å². The fourth-order valence-electron chi connectivity index (χ4n) is 0.561. The zero-order chi connectivity index (χ0) is 6.69. The Morgan fingerprint density at radius 2 is 1.45 bits per heavy atom. The van der Waals surface area contributed by atoms with E-state index < -0.39 is 8.38 Å². The van der Waals surface area contributed by atoms with E-state index >= 15 is 0 Å². The van der Waals surface area contributed by atoms with Crippen molar-refractivity contribution in [3.8, 4) is 0 Å². The Morgan fingerprint density at radius 3 is 1.73 bits per heavy atom. The van der Waals surface area contributed by atoms with Crippen LogP contribution < -0.4 is 5.30 Å². The van der Waals surface area contributed by atoms with E-state index in [1.54, 1.807) is 24.3 Å². The first-order chi connectivity index (χ1) is 4.30. The van der Waals surface area contributed by atoms with E-state index in [9.17, 15) is 0 Å². The van der Waals surface area contributed by atoms with Crippen LogP contribution in [0.15, 0.2) is 30.3 Å². The summed E-state index contributed by atoms with van der Waals surface area (Å²) in [7, 11) is -1.90. The first-order valence-electron chi connectivity index (χ1n) is 2.53. The van der Waals surface area contributed by atoms with Gasteiger partial charge >= 0.3 is 29.6 Å². The third-order valence-electron chi connectivity index (χ3n) is 0.987. The summed E-state index contributed by atoms with van der Waals surface area (Å²) >= 11 is 0. The van der Waals surface area contributed by atoms with Gasteiger partial charge in [0.05, 0.1) is 0 Å². The zero-order valence-electron chi connectivity index (χ0n) is 5.11. The molecule has 0 heterocycles. The molecule has 0 spiro atoms. The fourth-order valence-corrected chi connectivity index (χ4v) is 1.00. The molecule has 1 rings (SSSR count). The van der Waals surface area contributed by atoms with Crippen LogP contribution in [0.5, 0.6) is 0 Å². The molecule has 57 valence electrons. The van der Waals surface area contributed by atoms with Crippen molar-refractivity contribution in [3.05, 3.63) is 30.3 Å². The van der Waals surface area contributed by atoms with Crippen LogP contribution in [0.4, 0.5) is 0 Å². The molecule has 0 aliphatic rings. The first kappa shape index (κ1) is 14.6. The predicted octanol–water partition coefficient (Wildman–Crippen LogP) is -0.0426. The molecular weight excluding hydrogens is 213 g/mol. The molecule has 0 saturated carbocycles. The topological polar surface area (TPSA) is 40.5 Å². The fraction of sp³-hybridized carbons (Fsp3) is 0. The van der Waals surface area contributed by atoms with Gasteiger partial charge in [0.2, 0.25) is 0 Å². The van der Waals surface area contributed by atoms with Crippen LogP contribution in [0.3, 0.4) is 0 Å². The standard InChI is InChI=1S/C6H7O2P.Mn.Na.H/c7-9(8)6-4-2-1-3-5-6;;;/h1-5,7-8H;;;. The molecule has 11 heavy (non-hydrogen) atoms. The van der Waals surface area contributed by atoms with Crippen LogP contribution in [0.1, 0.15) is 0 Å². The third-order valence-corrected chi connectivity index (χ3v) is 1.75. The van der Waals surface area contributed by atoms with Gasteiger partial charge in [-0.3, -0.25) is 0 Å². The number of hydrogen-bond donors (Lipinski definition) is 2. The van der Waals surface area contributed by atoms with Crippen molar-refractivity contribution in [2.24, 2.45) is 0 Å². The van der Waals surface area contributed by atoms with E-state index in [0.717, 1.165) is 0 Å². The van der Waals surface area contributed by atoms with Crippen molar-refractivity contribution in [2.75, 3.05) is 0 Å². The molecular formula is C6H8MnNaO2P. The van der Waals surface area contributed by atoms with Crippen LogP contribution in [0, 0.1) is 0 Å². The van der Waals surface area contributed by atoms with Crippen molar-refractivity contribution >= 4 is 43.2 Å². The second-order valence-corrected chi connectivity index (χ2v) is 2.72. The van der Waals surface area contributed by atoms with Crippen LogP contribution in [-0.2, 0) is 17.1 Å². The summed E-state index contributed by atoms with van der Waals surface area (Å²) in [6, 6.07) is 8.76. The first-order valence-corrected chi connectivity index (χ1v) is 3.78. The van der Waals surface area contributed by atoms with Gasteiger partial charge in [-0.15, -0.1) is 0 Å². The van der Waals surface area contributed by atoms with Crippen LogP contribution >= 0.6 is 8.38 Å². The van der Waals surface area contributed by atoms with Gasteiger partial charge in [-0.25, -0.2) is 0 Å². The van der Waals surface area contributed by atoms with Crippen molar-refractivity contribution in [1.29, 1.82) is 0 Å². The Kier molecular flexibility index (Phi) is 10.3. The monoisotopic (exact) mass is 221 g/mol. The van der Waals surface area contributed by atoms with Crippen molar-refractivity contribution in [3.63, 3.8) is 0 Å². The summed E-state index contributed by atoms with van der Waals surface area (Å²) in [5, 5.41) is 0.590. The van der Waals surface area contributed by atoms with Gasteiger partial charge in [-0.05, 0) is 12.1 Å². The molecule has 0 amide bonds. The summed E-state index contributed by atoms with van der Waals surface area (Å²) in [6.07, 6.45) is 0. The van der Waals surface area contributed by atoms with Gasteiger partial charge in [-0.2, -0.15) is 0 Å². The molecule has 0 aromatic heterocycles. The van der Waals surface area contributed by atoms with E-state index in [1.807, 2.05) is 6.07 Å². The predicted molar refractivity (Wildman–Crippen MR) is 44.6 cm³/mol. The van der Waals surface area contributed by atoms with Gasteiger partial charge in [0.1, 0.15) is 0 Å². The molecule has 1 radical (unpaired) electrons. The number of hydrogen-bond acceptors (Lipinski definition) is 2. The Labute approximate surface area is 99.7 Å². The molecule has 0 atom stereocenters. The second-order valence-electron chi connectivity index (χ2n) is 1.62.